The van der Waals surface area contributed by atoms with Crippen LogP contribution < -0.4 is 0 Å². The van der Waals surface area contributed by atoms with Crippen LogP contribution in [-0.4, -0.2) is 24.9 Å². The number of hydrogen-bond donors (Lipinski definition) is 0. The van der Waals surface area contributed by atoms with Gasteiger partial charge in [0.25, 0.3) is 0 Å². The Morgan fingerprint density at radius 3 is 1.39 bits per heavy atom. The SMILES string of the molecule is Cc1cccc(C(C)(C)C)n1.Cc1ccnc(C(C)(C)C)n1.Cc1nccc(C(C)(C)C)n1. The van der Waals surface area contributed by atoms with Crippen LogP contribution in [0.15, 0.2) is 42.7 Å². The number of aryl methyl sites for hydroxylation is 3. The summed E-state index contributed by atoms with van der Waals surface area (Å²) in [6, 6.07) is 10.0. The maximum atomic E-state index is 4.44. The van der Waals surface area contributed by atoms with E-state index in [0.29, 0.717) is 0 Å². The summed E-state index contributed by atoms with van der Waals surface area (Å²) in [6.07, 6.45) is 3.62. The van der Waals surface area contributed by atoms with Gasteiger partial charge in [0.2, 0.25) is 0 Å². The minimum atomic E-state index is 0.0615. The lowest BCUT2D eigenvalue weighted by Gasteiger charge is -2.17. The molecule has 0 saturated carbocycles. The molecule has 0 fully saturated rings. The zero-order chi connectivity index (χ0) is 25.4. The van der Waals surface area contributed by atoms with Crippen molar-refractivity contribution in [2.45, 2.75) is 99.3 Å². The van der Waals surface area contributed by atoms with E-state index in [2.05, 4.69) is 99.4 Å². The zero-order valence-electron chi connectivity index (χ0n) is 22.8. The average Bonchev–Trinajstić information content (AvgIpc) is 2.67. The predicted molar refractivity (Wildman–Crippen MR) is 139 cm³/mol. The van der Waals surface area contributed by atoms with Crippen LogP contribution in [0.1, 0.15) is 96.7 Å². The van der Waals surface area contributed by atoms with Crippen molar-refractivity contribution in [2.75, 3.05) is 0 Å². The molecule has 0 unspecified atom stereocenters. The van der Waals surface area contributed by atoms with Crippen molar-refractivity contribution in [2.24, 2.45) is 0 Å². The van der Waals surface area contributed by atoms with Crippen molar-refractivity contribution >= 4 is 0 Å². The van der Waals surface area contributed by atoms with E-state index in [0.717, 1.165) is 34.4 Å². The molecule has 0 saturated heterocycles. The largest absolute Gasteiger partial charge is 0.258 e. The van der Waals surface area contributed by atoms with Crippen LogP contribution in [0.5, 0.6) is 0 Å². The fourth-order valence-electron chi connectivity index (χ4n) is 2.64. The Morgan fingerprint density at radius 1 is 0.515 bits per heavy atom. The lowest BCUT2D eigenvalue weighted by Crippen LogP contribution is -2.15. The lowest BCUT2D eigenvalue weighted by atomic mass is 9.91. The second-order valence-electron chi connectivity index (χ2n) is 11.4. The summed E-state index contributed by atoms with van der Waals surface area (Å²) in [5.41, 5.74) is 4.76. The van der Waals surface area contributed by atoms with Gasteiger partial charge >= 0.3 is 0 Å². The van der Waals surface area contributed by atoms with Crippen molar-refractivity contribution in [3.63, 3.8) is 0 Å². The Bertz CT molecular complexity index is 874. The van der Waals surface area contributed by atoms with E-state index < -0.39 is 0 Å². The van der Waals surface area contributed by atoms with Gasteiger partial charge in [0.1, 0.15) is 11.6 Å². The van der Waals surface area contributed by atoms with Crippen LogP contribution in [0.25, 0.3) is 0 Å². The van der Waals surface area contributed by atoms with Crippen LogP contribution >= 0.6 is 0 Å². The van der Waals surface area contributed by atoms with E-state index in [1.165, 1.54) is 0 Å². The Kier molecular flexibility index (Phi) is 9.83. The Balaban J connectivity index is 0.000000247. The maximum absolute atomic E-state index is 4.44. The van der Waals surface area contributed by atoms with Crippen molar-refractivity contribution < 1.29 is 0 Å². The molecular weight excluding hydrogens is 406 g/mol. The van der Waals surface area contributed by atoms with Gasteiger partial charge in [-0.25, -0.2) is 19.9 Å². The summed E-state index contributed by atoms with van der Waals surface area (Å²) >= 11 is 0. The summed E-state index contributed by atoms with van der Waals surface area (Å²) in [5, 5.41) is 0. The van der Waals surface area contributed by atoms with Crippen LogP contribution in [0.3, 0.4) is 0 Å². The summed E-state index contributed by atoms with van der Waals surface area (Å²) < 4.78 is 0. The molecule has 3 aromatic heterocycles. The van der Waals surface area contributed by atoms with E-state index in [4.69, 9.17) is 0 Å². The molecule has 0 aliphatic heterocycles. The van der Waals surface area contributed by atoms with E-state index in [9.17, 15) is 0 Å². The molecule has 5 heteroatoms. The molecular formula is C28H43N5. The number of hydrogen-bond acceptors (Lipinski definition) is 5. The normalized spacial score (nSPS) is 11.6. The van der Waals surface area contributed by atoms with Gasteiger partial charge in [0, 0.05) is 51.4 Å². The quantitative estimate of drug-likeness (QED) is 0.375. The fraction of sp³-hybridized carbons (Fsp3) is 0.536. The first-order valence-corrected chi connectivity index (χ1v) is 11.5. The van der Waals surface area contributed by atoms with Gasteiger partial charge in [0.15, 0.2) is 0 Å². The molecule has 0 radical (unpaired) electrons. The molecule has 0 aromatic carbocycles. The Labute approximate surface area is 201 Å². The minimum absolute atomic E-state index is 0.0615. The molecule has 5 nitrogen and oxygen atoms in total. The number of rotatable bonds is 0. The molecule has 3 heterocycles. The molecule has 0 N–H and O–H groups in total. The van der Waals surface area contributed by atoms with Crippen LogP contribution in [0.2, 0.25) is 0 Å². The highest BCUT2D eigenvalue weighted by Crippen LogP contribution is 2.20. The van der Waals surface area contributed by atoms with E-state index >= 15 is 0 Å². The van der Waals surface area contributed by atoms with Gasteiger partial charge in [-0.05, 0) is 45.0 Å². The second kappa shape index (κ2) is 11.4. The molecule has 0 spiro atoms. The first kappa shape index (κ1) is 28.3. The summed E-state index contributed by atoms with van der Waals surface area (Å²) in [4.78, 5) is 21.4. The zero-order valence-corrected chi connectivity index (χ0v) is 22.8. The Hall–Kier alpha value is -2.69. The Morgan fingerprint density at radius 2 is 1.03 bits per heavy atom. The highest BCUT2D eigenvalue weighted by molar-refractivity contribution is 5.16. The van der Waals surface area contributed by atoms with Crippen molar-refractivity contribution in [1.82, 2.24) is 24.9 Å². The van der Waals surface area contributed by atoms with Gasteiger partial charge < -0.3 is 0 Å². The third-order valence-corrected chi connectivity index (χ3v) is 4.67. The predicted octanol–water partition coefficient (Wildman–Crippen LogP) is 6.85. The average molecular weight is 450 g/mol. The third-order valence-electron chi connectivity index (χ3n) is 4.67. The highest BCUT2D eigenvalue weighted by atomic mass is 14.9. The molecule has 0 aliphatic carbocycles. The first-order chi connectivity index (χ1) is 15.0. The van der Waals surface area contributed by atoms with Gasteiger partial charge in [0.05, 0.1) is 0 Å². The highest BCUT2D eigenvalue weighted by Gasteiger charge is 2.16. The van der Waals surface area contributed by atoms with E-state index in [1.54, 1.807) is 0 Å². The van der Waals surface area contributed by atoms with Crippen LogP contribution in [0.4, 0.5) is 0 Å². The van der Waals surface area contributed by atoms with Gasteiger partial charge in [-0.2, -0.15) is 0 Å². The molecule has 0 atom stereocenters. The molecule has 3 rings (SSSR count). The summed E-state index contributed by atoms with van der Waals surface area (Å²) in [5.74, 6) is 1.76. The molecule has 3 aromatic rings. The van der Waals surface area contributed by atoms with Crippen molar-refractivity contribution in [1.29, 1.82) is 0 Å². The summed E-state index contributed by atoms with van der Waals surface area (Å²) in [7, 11) is 0. The fourth-order valence-corrected chi connectivity index (χ4v) is 2.64. The summed E-state index contributed by atoms with van der Waals surface area (Å²) in [6.45, 7) is 25.2. The second-order valence-corrected chi connectivity index (χ2v) is 11.4. The van der Waals surface area contributed by atoms with Gasteiger partial charge in [-0.1, -0.05) is 68.4 Å². The lowest BCUT2D eigenvalue weighted by molar-refractivity contribution is 0.543. The topological polar surface area (TPSA) is 64.5 Å². The van der Waals surface area contributed by atoms with E-state index in [-0.39, 0.29) is 16.2 Å². The molecule has 0 amide bonds. The van der Waals surface area contributed by atoms with Crippen molar-refractivity contribution in [3.05, 3.63) is 77.2 Å². The smallest absolute Gasteiger partial charge is 0.133 e. The molecule has 0 bridgehead atoms. The monoisotopic (exact) mass is 449 g/mol. The van der Waals surface area contributed by atoms with Crippen LogP contribution in [0, 0.1) is 20.8 Å². The number of nitrogens with zero attached hydrogens (tertiary/aromatic N) is 5. The van der Waals surface area contributed by atoms with Gasteiger partial charge in [-0.3, -0.25) is 4.98 Å². The standard InChI is InChI=1S/C10H15N.2C9H14N2/c1-8-6-5-7-9(11-8)10(2,3)4;1-7-10-6-5-8(11-7)9(2,3)4;1-7-5-6-10-8(11-7)9(2,3)4/h5-7H,1-4H3;2*5-6H,1-4H3. The number of pyridine rings is 1. The molecule has 33 heavy (non-hydrogen) atoms. The first-order valence-electron chi connectivity index (χ1n) is 11.5. The van der Waals surface area contributed by atoms with Gasteiger partial charge in [-0.15, -0.1) is 0 Å². The van der Waals surface area contributed by atoms with E-state index in [1.807, 2.05) is 51.4 Å². The van der Waals surface area contributed by atoms with Crippen LogP contribution in [-0.2, 0) is 16.2 Å². The molecule has 0 aliphatic rings. The maximum Gasteiger partial charge on any atom is 0.133 e. The number of aromatic nitrogens is 5. The third kappa shape index (κ3) is 10.6. The molecule has 180 valence electrons. The minimum Gasteiger partial charge on any atom is -0.258 e. The van der Waals surface area contributed by atoms with Crippen molar-refractivity contribution in [3.8, 4) is 0 Å².